The summed E-state index contributed by atoms with van der Waals surface area (Å²) in [5.41, 5.74) is 0. The van der Waals surface area contributed by atoms with E-state index in [1.54, 1.807) is 19.0 Å². The Balaban J connectivity index is 1.83. The van der Waals surface area contributed by atoms with Crippen molar-refractivity contribution in [2.45, 2.75) is 64.6 Å². The van der Waals surface area contributed by atoms with Gasteiger partial charge < -0.3 is 25.2 Å². The monoisotopic (exact) mass is 424 g/mol. The number of carbonyl (C=O) groups is 1. The van der Waals surface area contributed by atoms with E-state index in [1.165, 1.54) is 19.4 Å². The molecule has 8 nitrogen and oxygen atoms in total. The standard InChI is InChI=1S/C22H44N6O2/c1-6-28-11-7-8-20(28)16-23-22(24-17-21(29)26(4)5)25-19-9-12-27(13-10-19)14-15-30-18(2)3/h18-20H,6-17H2,1-5H3,(H2,23,24,25). The van der Waals surface area contributed by atoms with Crippen LogP contribution in [0.25, 0.3) is 0 Å². The van der Waals surface area contributed by atoms with Crippen molar-refractivity contribution >= 4 is 11.9 Å². The number of likely N-dealkylation sites (tertiary alicyclic amines) is 2. The fraction of sp³-hybridized carbons (Fsp3) is 0.909. The van der Waals surface area contributed by atoms with Crippen LogP contribution in [-0.2, 0) is 9.53 Å². The molecule has 0 spiro atoms. The highest BCUT2D eigenvalue weighted by molar-refractivity contribution is 5.85. The Hall–Kier alpha value is -1.38. The second-order valence-corrected chi connectivity index (χ2v) is 8.94. The van der Waals surface area contributed by atoms with Gasteiger partial charge in [-0.15, -0.1) is 0 Å². The van der Waals surface area contributed by atoms with Gasteiger partial charge in [-0.1, -0.05) is 6.92 Å². The van der Waals surface area contributed by atoms with Crippen molar-refractivity contribution in [1.82, 2.24) is 25.3 Å². The van der Waals surface area contributed by atoms with Gasteiger partial charge in [0.05, 0.1) is 12.7 Å². The largest absolute Gasteiger partial charge is 0.377 e. The fourth-order valence-electron chi connectivity index (χ4n) is 4.11. The molecule has 0 saturated carbocycles. The van der Waals surface area contributed by atoms with Crippen molar-refractivity contribution in [1.29, 1.82) is 0 Å². The second-order valence-electron chi connectivity index (χ2n) is 8.94. The zero-order chi connectivity index (χ0) is 21.9. The van der Waals surface area contributed by atoms with Crippen LogP contribution in [0.15, 0.2) is 4.99 Å². The Bertz CT molecular complexity index is 532. The molecule has 0 aromatic heterocycles. The van der Waals surface area contributed by atoms with Gasteiger partial charge in [-0.05, 0) is 52.6 Å². The van der Waals surface area contributed by atoms with Gasteiger partial charge in [0.25, 0.3) is 0 Å². The van der Waals surface area contributed by atoms with Gasteiger partial charge in [-0.3, -0.25) is 9.69 Å². The number of hydrogen-bond donors (Lipinski definition) is 2. The van der Waals surface area contributed by atoms with E-state index in [9.17, 15) is 4.79 Å². The maximum atomic E-state index is 12.0. The quantitative estimate of drug-likeness (QED) is 0.402. The molecule has 2 N–H and O–H groups in total. The lowest BCUT2D eigenvalue weighted by molar-refractivity contribution is -0.127. The van der Waals surface area contributed by atoms with E-state index >= 15 is 0 Å². The van der Waals surface area contributed by atoms with Crippen LogP contribution in [0.4, 0.5) is 0 Å². The van der Waals surface area contributed by atoms with E-state index in [0.717, 1.165) is 58.1 Å². The molecule has 2 fully saturated rings. The molecule has 8 heteroatoms. The molecule has 0 aromatic rings. The fourth-order valence-corrected chi connectivity index (χ4v) is 4.11. The predicted molar refractivity (Wildman–Crippen MR) is 123 cm³/mol. The molecule has 2 aliphatic rings. The number of aliphatic imine (C=N–C) groups is 1. The number of ether oxygens (including phenoxy) is 1. The van der Waals surface area contributed by atoms with Gasteiger partial charge in [-0.25, -0.2) is 4.99 Å². The van der Waals surface area contributed by atoms with E-state index in [-0.39, 0.29) is 12.5 Å². The molecular weight excluding hydrogens is 380 g/mol. The van der Waals surface area contributed by atoms with Crippen LogP contribution < -0.4 is 10.6 Å². The first kappa shape index (κ1) is 24.9. The molecular formula is C22H44N6O2. The summed E-state index contributed by atoms with van der Waals surface area (Å²) in [5, 5.41) is 7.11. The predicted octanol–water partition coefficient (Wildman–Crippen LogP) is 0.984. The summed E-state index contributed by atoms with van der Waals surface area (Å²) < 4.78 is 5.68. The summed E-state index contributed by atoms with van der Waals surface area (Å²) in [6.07, 6.45) is 4.94. The lowest BCUT2D eigenvalue weighted by Gasteiger charge is -2.33. The maximum Gasteiger partial charge on any atom is 0.243 e. The van der Waals surface area contributed by atoms with Gasteiger partial charge in [0.1, 0.15) is 6.54 Å². The number of amides is 1. The van der Waals surface area contributed by atoms with Crippen LogP contribution in [0.3, 0.4) is 0 Å². The molecule has 0 aliphatic carbocycles. The van der Waals surface area contributed by atoms with E-state index in [0.29, 0.717) is 18.2 Å². The molecule has 30 heavy (non-hydrogen) atoms. The second kappa shape index (κ2) is 13.1. The number of guanidine groups is 1. The number of carbonyl (C=O) groups excluding carboxylic acids is 1. The summed E-state index contributed by atoms with van der Waals surface area (Å²) in [6.45, 7) is 13.6. The van der Waals surface area contributed by atoms with E-state index in [4.69, 9.17) is 4.74 Å². The van der Waals surface area contributed by atoms with Gasteiger partial charge in [0, 0.05) is 52.4 Å². The highest BCUT2D eigenvalue weighted by atomic mass is 16.5. The molecule has 1 amide bonds. The van der Waals surface area contributed by atoms with Gasteiger partial charge in [0.15, 0.2) is 5.96 Å². The normalized spacial score (nSPS) is 21.9. The van der Waals surface area contributed by atoms with Crippen LogP contribution in [0.2, 0.25) is 0 Å². The molecule has 0 aromatic carbocycles. The lowest BCUT2D eigenvalue weighted by atomic mass is 10.1. The van der Waals surface area contributed by atoms with E-state index in [2.05, 4.69) is 46.2 Å². The molecule has 1 atom stereocenters. The first-order valence-corrected chi connectivity index (χ1v) is 11.7. The number of likely N-dealkylation sites (N-methyl/N-ethyl adjacent to an activating group) is 2. The van der Waals surface area contributed by atoms with Crippen molar-refractivity contribution < 1.29 is 9.53 Å². The highest BCUT2D eigenvalue weighted by Crippen LogP contribution is 2.15. The van der Waals surface area contributed by atoms with Crippen molar-refractivity contribution in [2.75, 3.05) is 66.5 Å². The zero-order valence-electron chi connectivity index (χ0n) is 19.8. The number of nitrogens with zero attached hydrogens (tertiary/aromatic N) is 4. The van der Waals surface area contributed by atoms with Crippen molar-refractivity contribution in [3.63, 3.8) is 0 Å². The van der Waals surface area contributed by atoms with Crippen LogP contribution in [-0.4, -0.2) is 111 Å². The van der Waals surface area contributed by atoms with Crippen LogP contribution in [0.5, 0.6) is 0 Å². The third-order valence-corrected chi connectivity index (χ3v) is 6.07. The third-order valence-electron chi connectivity index (χ3n) is 6.07. The minimum absolute atomic E-state index is 0.0205. The molecule has 0 radical (unpaired) electrons. The molecule has 2 rings (SSSR count). The average molecular weight is 425 g/mol. The van der Waals surface area contributed by atoms with Crippen LogP contribution in [0.1, 0.15) is 46.5 Å². The van der Waals surface area contributed by atoms with E-state index < -0.39 is 0 Å². The Morgan fingerprint density at radius 3 is 2.57 bits per heavy atom. The molecule has 2 aliphatic heterocycles. The number of nitrogens with one attached hydrogen (secondary N) is 2. The summed E-state index contributed by atoms with van der Waals surface area (Å²) in [7, 11) is 3.55. The number of piperidine rings is 1. The molecule has 0 bridgehead atoms. The Morgan fingerprint density at radius 2 is 1.93 bits per heavy atom. The zero-order valence-corrected chi connectivity index (χ0v) is 19.8. The molecule has 2 heterocycles. The van der Waals surface area contributed by atoms with Gasteiger partial charge >= 0.3 is 0 Å². The van der Waals surface area contributed by atoms with Crippen molar-refractivity contribution in [2.24, 2.45) is 4.99 Å². The average Bonchev–Trinajstić information content (AvgIpc) is 3.18. The highest BCUT2D eigenvalue weighted by Gasteiger charge is 2.24. The minimum Gasteiger partial charge on any atom is -0.377 e. The Labute approximate surface area is 183 Å². The molecule has 1 unspecified atom stereocenters. The third kappa shape index (κ3) is 8.78. The topological polar surface area (TPSA) is 72.4 Å². The number of rotatable bonds is 10. The van der Waals surface area contributed by atoms with Gasteiger partial charge in [-0.2, -0.15) is 0 Å². The first-order chi connectivity index (χ1) is 14.4. The van der Waals surface area contributed by atoms with Crippen LogP contribution in [0, 0.1) is 0 Å². The van der Waals surface area contributed by atoms with Crippen LogP contribution >= 0.6 is 0 Å². The van der Waals surface area contributed by atoms with Crippen molar-refractivity contribution in [3.8, 4) is 0 Å². The lowest BCUT2D eigenvalue weighted by Crippen LogP contribution is -2.51. The molecule has 2 saturated heterocycles. The summed E-state index contributed by atoms with van der Waals surface area (Å²) in [4.78, 5) is 23.2. The summed E-state index contributed by atoms with van der Waals surface area (Å²) in [5.74, 6) is 0.793. The summed E-state index contributed by atoms with van der Waals surface area (Å²) in [6, 6.07) is 0.938. The Morgan fingerprint density at radius 1 is 1.20 bits per heavy atom. The smallest absolute Gasteiger partial charge is 0.243 e. The van der Waals surface area contributed by atoms with Gasteiger partial charge in [0.2, 0.25) is 5.91 Å². The summed E-state index contributed by atoms with van der Waals surface area (Å²) >= 11 is 0. The Kier molecular flexibility index (Phi) is 10.9. The minimum atomic E-state index is 0.0205. The first-order valence-electron chi connectivity index (χ1n) is 11.7. The number of hydrogen-bond acceptors (Lipinski definition) is 5. The van der Waals surface area contributed by atoms with Crippen molar-refractivity contribution in [3.05, 3.63) is 0 Å². The maximum absolute atomic E-state index is 12.0. The van der Waals surface area contributed by atoms with E-state index in [1.807, 2.05) is 0 Å². The SMILES string of the molecule is CCN1CCCC1CNC(=NCC(=O)N(C)C)NC1CCN(CCOC(C)C)CC1. The molecule has 174 valence electrons.